The highest BCUT2D eigenvalue weighted by Gasteiger charge is 2.25. The molecule has 0 spiro atoms. The zero-order chi connectivity index (χ0) is 28.0. The summed E-state index contributed by atoms with van der Waals surface area (Å²) in [7, 11) is 0. The van der Waals surface area contributed by atoms with Gasteiger partial charge in [0.2, 0.25) is 11.8 Å². The van der Waals surface area contributed by atoms with Gasteiger partial charge in [-0.1, -0.05) is 35.9 Å². The van der Waals surface area contributed by atoms with Crippen molar-refractivity contribution >= 4 is 23.4 Å². The van der Waals surface area contributed by atoms with Crippen molar-refractivity contribution in [3.8, 4) is 17.0 Å². The summed E-state index contributed by atoms with van der Waals surface area (Å²) in [4.78, 5) is 28.6. The van der Waals surface area contributed by atoms with Gasteiger partial charge in [-0.2, -0.15) is 0 Å². The van der Waals surface area contributed by atoms with E-state index in [9.17, 15) is 14.7 Å². The summed E-state index contributed by atoms with van der Waals surface area (Å²) < 4.78 is 7.87. The molecule has 0 fully saturated rings. The molecule has 0 aliphatic rings. The second-order valence-corrected chi connectivity index (χ2v) is 10.1. The number of ether oxygens (including phenoxy) is 1. The van der Waals surface area contributed by atoms with Gasteiger partial charge in [-0.25, -0.2) is 4.98 Å². The molecule has 3 aromatic rings. The molecule has 2 unspecified atom stereocenters. The van der Waals surface area contributed by atoms with E-state index in [1.807, 2.05) is 62.7 Å². The van der Waals surface area contributed by atoms with Crippen molar-refractivity contribution in [2.45, 2.75) is 72.1 Å². The molecule has 2 amide bonds. The Hall–Kier alpha value is -3.36. The number of nitrogens with zero attached hydrogens (tertiary/aromatic N) is 2. The molecule has 0 radical (unpaired) electrons. The van der Waals surface area contributed by atoms with Crippen LogP contribution in [-0.2, 0) is 17.8 Å². The first-order valence-electron chi connectivity index (χ1n) is 12.9. The molecular weight excluding hydrogens is 504 g/mol. The molecule has 0 bridgehead atoms. The molecule has 0 saturated carbocycles. The molecule has 3 rings (SSSR count). The summed E-state index contributed by atoms with van der Waals surface area (Å²) in [6.45, 7) is 9.90. The molecule has 1 heterocycles. The van der Waals surface area contributed by atoms with Gasteiger partial charge in [-0.15, -0.1) is 0 Å². The van der Waals surface area contributed by atoms with Crippen LogP contribution in [0, 0.1) is 0 Å². The molecule has 4 N–H and O–H groups in total. The van der Waals surface area contributed by atoms with Crippen LogP contribution in [0.25, 0.3) is 11.3 Å². The number of aryl methyl sites for hydroxylation is 1. The number of carbonyl (C=O) groups is 2. The van der Waals surface area contributed by atoms with Gasteiger partial charge in [-0.05, 0) is 69.7 Å². The van der Waals surface area contributed by atoms with Crippen LogP contribution < -0.4 is 15.8 Å². The Kier molecular flexibility index (Phi) is 9.94. The maximum atomic E-state index is 12.3. The van der Waals surface area contributed by atoms with E-state index in [1.54, 1.807) is 12.1 Å². The van der Waals surface area contributed by atoms with Crippen LogP contribution in [0.4, 0.5) is 0 Å². The Labute approximate surface area is 229 Å². The fourth-order valence-corrected chi connectivity index (χ4v) is 5.03. The standard InChI is InChI=1S/C29H37ClN4O4/c1-6-34-16-24(33-29(34)18(4)32-19(5)36)21-9-7-20(8-10-21)15-22(13-14-35)26-23(28(31)37)11-12-25(27(26)30)38-17(2)3/h7-12,16-18,22,35H,6,13-15H2,1-5H3,(H2,31,37)(H,32,36). The van der Waals surface area contributed by atoms with Crippen molar-refractivity contribution < 1.29 is 19.4 Å². The number of nitrogens with two attached hydrogens (primary N) is 1. The van der Waals surface area contributed by atoms with E-state index >= 15 is 0 Å². The molecule has 8 nitrogen and oxygen atoms in total. The molecule has 2 atom stereocenters. The minimum absolute atomic E-state index is 0.0732. The normalized spacial score (nSPS) is 12.8. The highest BCUT2D eigenvalue weighted by Crippen LogP contribution is 2.39. The van der Waals surface area contributed by atoms with Crippen molar-refractivity contribution in [2.24, 2.45) is 5.73 Å². The number of carbonyl (C=O) groups excluding carboxylic acids is 2. The van der Waals surface area contributed by atoms with Crippen molar-refractivity contribution in [3.63, 3.8) is 0 Å². The van der Waals surface area contributed by atoms with E-state index in [0.29, 0.717) is 34.7 Å². The molecule has 2 aromatic carbocycles. The highest BCUT2D eigenvalue weighted by molar-refractivity contribution is 6.33. The Bertz CT molecular complexity index is 1270. The fourth-order valence-electron chi connectivity index (χ4n) is 4.67. The number of rotatable bonds is 12. The summed E-state index contributed by atoms with van der Waals surface area (Å²) in [6, 6.07) is 11.1. The molecule has 9 heteroatoms. The Morgan fingerprint density at radius 2 is 1.84 bits per heavy atom. The largest absolute Gasteiger partial charge is 0.489 e. The maximum absolute atomic E-state index is 12.3. The second kappa shape index (κ2) is 12.9. The average Bonchev–Trinajstić information content (AvgIpc) is 3.29. The number of imidazole rings is 1. The van der Waals surface area contributed by atoms with Gasteiger partial charge in [0.1, 0.15) is 11.6 Å². The summed E-state index contributed by atoms with van der Waals surface area (Å²) >= 11 is 6.74. The number of primary amides is 1. The average molecular weight is 541 g/mol. The smallest absolute Gasteiger partial charge is 0.249 e. The van der Waals surface area contributed by atoms with Crippen molar-refractivity contribution in [2.75, 3.05) is 6.61 Å². The van der Waals surface area contributed by atoms with Crippen LogP contribution >= 0.6 is 11.6 Å². The lowest BCUT2D eigenvalue weighted by atomic mass is 9.86. The molecule has 1 aromatic heterocycles. The van der Waals surface area contributed by atoms with Crippen molar-refractivity contribution in [1.29, 1.82) is 0 Å². The number of aliphatic hydroxyl groups is 1. The van der Waals surface area contributed by atoms with Crippen LogP contribution in [0.1, 0.15) is 80.3 Å². The molecule has 0 saturated heterocycles. The van der Waals surface area contributed by atoms with E-state index in [-0.39, 0.29) is 30.6 Å². The lowest BCUT2D eigenvalue weighted by molar-refractivity contribution is -0.119. The predicted octanol–water partition coefficient (Wildman–Crippen LogP) is 5.02. The highest BCUT2D eigenvalue weighted by atomic mass is 35.5. The van der Waals surface area contributed by atoms with Crippen LogP contribution in [0.15, 0.2) is 42.6 Å². The number of aromatic nitrogens is 2. The number of aliphatic hydroxyl groups excluding tert-OH is 1. The molecule has 0 aliphatic carbocycles. The first kappa shape index (κ1) is 29.2. The number of amides is 2. The molecule has 204 valence electrons. The van der Waals surface area contributed by atoms with Gasteiger partial charge < -0.3 is 25.5 Å². The first-order valence-corrected chi connectivity index (χ1v) is 13.3. The minimum atomic E-state index is -0.577. The van der Waals surface area contributed by atoms with Gasteiger partial charge in [0.25, 0.3) is 0 Å². The van der Waals surface area contributed by atoms with Crippen molar-refractivity contribution in [1.82, 2.24) is 14.9 Å². The first-order chi connectivity index (χ1) is 18.0. The van der Waals surface area contributed by atoms with Gasteiger partial charge in [0.15, 0.2) is 0 Å². The topological polar surface area (TPSA) is 119 Å². The van der Waals surface area contributed by atoms with Gasteiger partial charge >= 0.3 is 0 Å². The van der Waals surface area contributed by atoms with Crippen molar-refractivity contribution in [3.05, 3.63) is 70.1 Å². The number of halogens is 1. The number of benzene rings is 2. The SMILES string of the molecule is CCn1cc(-c2ccc(CC(CCO)c3c(C(N)=O)ccc(OC(C)C)c3Cl)cc2)nc1C(C)NC(C)=O. The third-order valence-corrected chi connectivity index (χ3v) is 6.74. The summed E-state index contributed by atoms with van der Waals surface area (Å²) in [5.74, 6) is 0.345. The number of hydrogen-bond donors (Lipinski definition) is 3. The van der Waals surface area contributed by atoms with E-state index in [4.69, 9.17) is 27.1 Å². The third kappa shape index (κ3) is 6.94. The zero-order valence-corrected chi connectivity index (χ0v) is 23.4. The molecular formula is C29H37ClN4O4. The third-order valence-electron chi connectivity index (χ3n) is 6.35. The molecule has 0 aliphatic heterocycles. The fraction of sp³-hybridized carbons (Fsp3) is 0.414. The maximum Gasteiger partial charge on any atom is 0.249 e. The van der Waals surface area contributed by atoms with E-state index < -0.39 is 5.91 Å². The monoisotopic (exact) mass is 540 g/mol. The molecule has 38 heavy (non-hydrogen) atoms. The van der Waals surface area contributed by atoms with Crippen LogP contribution in [0.2, 0.25) is 5.02 Å². The van der Waals surface area contributed by atoms with Crippen LogP contribution in [0.3, 0.4) is 0 Å². The van der Waals surface area contributed by atoms with Gasteiger partial charge in [0, 0.05) is 37.4 Å². The minimum Gasteiger partial charge on any atom is -0.489 e. The Morgan fingerprint density at radius 3 is 2.39 bits per heavy atom. The van der Waals surface area contributed by atoms with Crippen LogP contribution in [-0.4, -0.2) is 39.2 Å². The van der Waals surface area contributed by atoms with E-state index in [2.05, 4.69) is 5.32 Å². The summed E-state index contributed by atoms with van der Waals surface area (Å²) in [6.07, 6.45) is 2.83. The summed E-state index contributed by atoms with van der Waals surface area (Å²) in [5.41, 5.74) is 9.37. The Balaban J connectivity index is 1.92. The predicted molar refractivity (Wildman–Crippen MR) is 149 cm³/mol. The summed E-state index contributed by atoms with van der Waals surface area (Å²) in [5, 5.41) is 13.1. The number of nitrogens with one attached hydrogen (secondary N) is 1. The lowest BCUT2D eigenvalue weighted by Gasteiger charge is -2.23. The van der Waals surface area contributed by atoms with E-state index in [1.165, 1.54) is 6.92 Å². The second-order valence-electron chi connectivity index (χ2n) is 9.67. The van der Waals surface area contributed by atoms with E-state index in [0.717, 1.165) is 29.2 Å². The van der Waals surface area contributed by atoms with Gasteiger partial charge in [0.05, 0.1) is 22.9 Å². The zero-order valence-electron chi connectivity index (χ0n) is 22.6. The Morgan fingerprint density at radius 1 is 1.16 bits per heavy atom. The van der Waals surface area contributed by atoms with Crippen LogP contribution in [0.5, 0.6) is 5.75 Å². The lowest BCUT2D eigenvalue weighted by Crippen LogP contribution is -2.26. The number of hydrogen-bond acceptors (Lipinski definition) is 5. The quantitative estimate of drug-likeness (QED) is 0.298. The van der Waals surface area contributed by atoms with Gasteiger partial charge in [-0.3, -0.25) is 9.59 Å².